The number of amides is 1. The molecule has 1 rings (SSSR count). The van der Waals surface area contributed by atoms with Crippen molar-refractivity contribution < 1.29 is 9.90 Å². The van der Waals surface area contributed by atoms with Crippen LogP contribution in [0.2, 0.25) is 0 Å². The van der Waals surface area contributed by atoms with Crippen LogP contribution in [0.3, 0.4) is 0 Å². The monoisotopic (exact) mass is 212 g/mol. The first kappa shape index (κ1) is 10.8. The Morgan fingerprint density at radius 1 is 1.71 bits per heavy atom. The molecular weight excluding hydrogens is 200 g/mol. The number of carbonyl (C=O) groups is 1. The molecule has 0 aromatic carbocycles. The molecule has 0 aliphatic carbocycles. The van der Waals surface area contributed by atoms with Gasteiger partial charge in [-0.25, -0.2) is 4.98 Å². The highest BCUT2D eigenvalue weighted by molar-refractivity contribution is 7.99. The quantitative estimate of drug-likeness (QED) is 0.796. The lowest BCUT2D eigenvalue weighted by Crippen LogP contribution is -2.22. The molecule has 0 saturated carbocycles. The molecule has 0 radical (unpaired) electrons. The van der Waals surface area contributed by atoms with E-state index in [4.69, 9.17) is 0 Å². The van der Waals surface area contributed by atoms with E-state index in [0.29, 0.717) is 0 Å². The van der Waals surface area contributed by atoms with Crippen molar-refractivity contribution in [3.8, 4) is 5.75 Å². The van der Waals surface area contributed by atoms with E-state index in [1.165, 1.54) is 24.0 Å². The van der Waals surface area contributed by atoms with Gasteiger partial charge in [0, 0.05) is 6.20 Å². The van der Waals surface area contributed by atoms with Gasteiger partial charge >= 0.3 is 0 Å². The number of nitrogens with zero attached hydrogens (tertiary/aromatic N) is 1. The molecule has 0 aliphatic heterocycles. The number of rotatable bonds is 3. The van der Waals surface area contributed by atoms with Crippen molar-refractivity contribution in [1.82, 2.24) is 4.98 Å². The second kappa shape index (κ2) is 4.85. The highest BCUT2D eigenvalue weighted by Gasteiger charge is 2.13. The minimum absolute atomic E-state index is 0.0193. The van der Waals surface area contributed by atoms with Gasteiger partial charge in [0.25, 0.3) is 0 Å². The van der Waals surface area contributed by atoms with Crippen molar-refractivity contribution in [1.29, 1.82) is 0 Å². The number of thioether (sulfide) groups is 1. The molecule has 5 heteroatoms. The Morgan fingerprint density at radius 3 is 3.00 bits per heavy atom. The number of carbonyl (C=O) groups excluding carboxylic acids is 1. The zero-order valence-corrected chi connectivity index (χ0v) is 8.84. The summed E-state index contributed by atoms with van der Waals surface area (Å²) < 4.78 is 0. The molecule has 1 aromatic heterocycles. The number of aromatic hydroxyl groups is 1. The molecule has 14 heavy (non-hydrogen) atoms. The van der Waals surface area contributed by atoms with Crippen molar-refractivity contribution in [3.05, 3.63) is 18.3 Å². The first-order chi connectivity index (χ1) is 6.65. The Morgan fingerprint density at radius 2 is 2.43 bits per heavy atom. The molecule has 4 nitrogen and oxygen atoms in total. The van der Waals surface area contributed by atoms with Crippen LogP contribution in [0.5, 0.6) is 5.75 Å². The summed E-state index contributed by atoms with van der Waals surface area (Å²) in [4.78, 5) is 15.3. The Labute approximate surface area is 86.7 Å². The molecule has 0 spiro atoms. The molecule has 1 atom stereocenters. The first-order valence-electron chi connectivity index (χ1n) is 4.12. The Bertz CT molecular complexity index is 330. The third kappa shape index (κ3) is 2.63. The number of pyridine rings is 1. The second-order valence-electron chi connectivity index (χ2n) is 2.74. The number of hydrogen-bond donors (Lipinski definition) is 2. The summed E-state index contributed by atoms with van der Waals surface area (Å²) in [6.45, 7) is 1.79. The van der Waals surface area contributed by atoms with Gasteiger partial charge in [-0.3, -0.25) is 4.79 Å². The lowest BCUT2D eigenvalue weighted by molar-refractivity contribution is -0.115. The molecule has 0 saturated heterocycles. The Hall–Kier alpha value is -1.23. The summed E-state index contributed by atoms with van der Waals surface area (Å²) in [5.41, 5.74) is 0. The molecule has 0 bridgehead atoms. The summed E-state index contributed by atoms with van der Waals surface area (Å²) in [6.07, 6.45) is 3.36. The number of aromatic nitrogens is 1. The van der Waals surface area contributed by atoms with E-state index in [1.807, 2.05) is 6.26 Å². The normalized spacial score (nSPS) is 12.1. The van der Waals surface area contributed by atoms with Gasteiger partial charge in [-0.2, -0.15) is 11.8 Å². The smallest absolute Gasteiger partial charge is 0.238 e. The Balaban J connectivity index is 2.70. The third-order valence-electron chi connectivity index (χ3n) is 1.75. The van der Waals surface area contributed by atoms with E-state index in [0.717, 1.165) is 0 Å². The van der Waals surface area contributed by atoms with E-state index < -0.39 is 0 Å². The van der Waals surface area contributed by atoms with Crippen LogP contribution >= 0.6 is 11.8 Å². The maximum atomic E-state index is 11.4. The zero-order valence-electron chi connectivity index (χ0n) is 8.02. The van der Waals surface area contributed by atoms with Crippen molar-refractivity contribution in [2.45, 2.75) is 12.2 Å². The van der Waals surface area contributed by atoms with E-state index in [9.17, 15) is 9.90 Å². The minimum atomic E-state index is -0.161. The number of hydrogen-bond acceptors (Lipinski definition) is 4. The summed E-state index contributed by atoms with van der Waals surface area (Å²) in [6, 6.07) is 3.08. The van der Waals surface area contributed by atoms with Crippen LogP contribution in [0, 0.1) is 0 Å². The van der Waals surface area contributed by atoms with Crippen LogP contribution in [0.4, 0.5) is 5.82 Å². The maximum Gasteiger partial charge on any atom is 0.238 e. The average molecular weight is 212 g/mol. The Kier molecular flexibility index (Phi) is 3.76. The van der Waals surface area contributed by atoms with E-state index >= 15 is 0 Å². The highest BCUT2D eigenvalue weighted by Crippen LogP contribution is 2.19. The van der Waals surface area contributed by atoms with Crippen LogP contribution in [0.15, 0.2) is 18.3 Å². The van der Waals surface area contributed by atoms with E-state index in [2.05, 4.69) is 10.3 Å². The third-order valence-corrected chi connectivity index (χ3v) is 2.67. The average Bonchev–Trinajstić information content (AvgIpc) is 2.20. The van der Waals surface area contributed by atoms with Crippen LogP contribution in [-0.2, 0) is 4.79 Å². The fourth-order valence-corrected chi connectivity index (χ4v) is 1.09. The largest absolute Gasteiger partial charge is 0.504 e. The van der Waals surface area contributed by atoms with Crippen LogP contribution < -0.4 is 5.32 Å². The molecule has 1 heterocycles. The summed E-state index contributed by atoms with van der Waals surface area (Å²) in [7, 11) is 0. The SMILES string of the molecule is CS[C@H](C)C(=O)Nc1ncccc1O. The standard InChI is InChI=1S/C9H12N2O2S/c1-6(14-2)9(13)11-8-7(12)4-3-5-10-8/h3-6,12H,1-2H3,(H,10,11,13)/t6-/m1/s1. The van der Waals surface area contributed by atoms with Gasteiger partial charge in [0.05, 0.1) is 5.25 Å². The fraction of sp³-hybridized carbons (Fsp3) is 0.333. The first-order valence-corrected chi connectivity index (χ1v) is 5.41. The second-order valence-corrected chi connectivity index (χ2v) is 3.92. The molecule has 0 fully saturated rings. The summed E-state index contributed by atoms with van der Waals surface area (Å²) in [5, 5.41) is 11.7. The van der Waals surface area contributed by atoms with Crippen LogP contribution in [-0.4, -0.2) is 27.5 Å². The van der Waals surface area contributed by atoms with Gasteiger partial charge in [0.15, 0.2) is 11.6 Å². The van der Waals surface area contributed by atoms with Crippen LogP contribution in [0.1, 0.15) is 6.92 Å². The van der Waals surface area contributed by atoms with Crippen LogP contribution in [0.25, 0.3) is 0 Å². The topological polar surface area (TPSA) is 62.2 Å². The fourth-order valence-electron chi connectivity index (χ4n) is 0.818. The minimum Gasteiger partial charge on any atom is -0.504 e. The van der Waals surface area contributed by atoms with Crippen molar-refractivity contribution in [2.75, 3.05) is 11.6 Å². The maximum absolute atomic E-state index is 11.4. The lowest BCUT2D eigenvalue weighted by atomic mass is 10.4. The molecule has 1 amide bonds. The van der Waals surface area contributed by atoms with Crippen molar-refractivity contribution >= 4 is 23.5 Å². The summed E-state index contributed by atoms with van der Waals surface area (Å²) >= 11 is 1.44. The van der Waals surface area contributed by atoms with Gasteiger partial charge < -0.3 is 10.4 Å². The molecule has 76 valence electrons. The van der Waals surface area contributed by atoms with Gasteiger partial charge in [-0.05, 0) is 25.3 Å². The molecular formula is C9H12N2O2S. The lowest BCUT2D eigenvalue weighted by Gasteiger charge is -2.09. The molecule has 1 aromatic rings. The summed E-state index contributed by atoms with van der Waals surface area (Å²) in [5.74, 6) is 0.0269. The zero-order chi connectivity index (χ0) is 10.6. The van der Waals surface area contributed by atoms with Gasteiger partial charge in [0.1, 0.15) is 0 Å². The molecule has 0 aliphatic rings. The van der Waals surface area contributed by atoms with E-state index in [1.54, 1.807) is 13.0 Å². The van der Waals surface area contributed by atoms with E-state index in [-0.39, 0.29) is 22.7 Å². The van der Waals surface area contributed by atoms with Gasteiger partial charge in [-0.15, -0.1) is 0 Å². The number of anilines is 1. The predicted molar refractivity (Wildman–Crippen MR) is 57.5 cm³/mol. The predicted octanol–water partition coefficient (Wildman–Crippen LogP) is 1.48. The highest BCUT2D eigenvalue weighted by atomic mass is 32.2. The molecule has 2 N–H and O–H groups in total. The van der Waals surface area contributed by atoms with Gasteiger partial charge in [-0.1, -0.05) is 0 Å². The van der Waals surface area contributed by atoms with Gasteiger partial charge in [0.2, 0.25) is 5.91 Å². The van der Waals surface area contributed by atoms with Crippen molar-refractivity contribution in [3.63, 3.8) is 0 Å². The molecule has 0 unspecified atom stereocenters. The van der Waals surface area contributed by atoms with Crippen molar-refractivity contribution in [2.24, 2.45) is 0 Å². The number of nitrogens with one attached hydrogen (secondary N) is 1.